The van der Waals surface area contributed by atoms with Gasteiger partial charge in [0.25, 0.3) is 5.91 Å². The maximum Gasteiger partial charge on any atom is 0.252 e. The van der Waals surface area contributed by atoms with Crippen LogP contribution in [0.5, 0.6) is 0 Å². The van der Waals surface area contributed by atoms with E-state index in [4.69, 9.17) is 4.74 Å². The van der Waals surface area contributed by atoms with Crippen molar-refractivity contribution in [3.8, 4) is 0 Å². The van der Waals surface area contributed by atoms with Gasteiger partial charge in [0, 0.05) is 32.0 Å². The number of aromatic nitrogens is 2. The number of hydrogen-bond donors (Lipinski definition) is 2. The summed E-state index contributed by atoms with van der Waals surface area (Å²) in [5.74, 6) is -0.0239. The fourth-order valence-electron chi connectivity index (χ4n) is 2.76. The molecule has 1 fully saturated rings. The summed E-state index contributed by atoms with van der Waals surface area (Å²) < 4.78 is 7.36. The Morgan fingerprint density at radius 3 is 2.52 bits per heavy atom. The Morgan fingerprint density at radius 2 is 2.05 bits per heavy atom. The largest absolute Gasteiger partial charge is 0.368 e. The number of carbonyl (C=O) groups excluding carboxylic acids is 1. The first-order valence-electron chi connectivity index (χ1n) is 7.03. The summed E-state index contributed by atoms with van der Waals surface area (Å²) in [5, 5.41) is 10.6. The van der Waals surface area contributed by atoms with E-state index in [1.54, 1.807) is 7.11 Å². The van der Waals surface area contributed by atoms with Crippen LogP contribution < -0.4 is 10.6 Å². The van der Waals surface area contributed by atoms with Crippen LogP contribution in [-0.2, 0) is 23.1 Å². The number of piperidine rings is 1. The fourth-order valence-corrected chi connectivity index (χ4v) is 2.76. The topological polar surface area (TPSA) is 68.2 Å². The zero-order valence-electron chi connectivity index (χ0n) is 13.2. The van der Waals surface area contributed by atoms with E-state index in [2.05, 4.69) is 15.7 Å². The molecule has 0 atom stereocenters. The van der Waals surface area contributed by atoms with Crippen molar-refractivity contribution in [2.45, 2.75) is 38.8 Å². The Labute approximate surface area is 132 Å². The predicted molar refractivity (Wildman–Crippen MR) is 83.6 cm³/mol. The Kier molecular flexibility index (Phi) is 6.19. The van der Waals surface area contributed by atoms with Crippen LogP contribution in [-0.4, -0.2) is 41.5 Å². The molecular formula is C14H25ClN4O2. The third-order valence-electron chi connectivity index (χ3n) is 4.30. The number of methoxy groups -OCH3 is 1. The van der Waals surface area contributed by atoms with Crippen molar-refractivity contribution in [2.24, 2.45) is 7.05 Å². The summed E-state index contributed by atoms with van der Waals surface area (Å²) in [6, 6.07) is 0. The molecule has 1 amide bonds. The van der Waals surface area contributed by atoms with Crippen LogP contribution in [0.3, 0.4) is 0 Å². The van der Waals surface area contributed by atoms with Gasteiger partial charge in [-0.1, -0.05) is 0 Å². The van der Waals surface area contributed by atoms with Crippen molar-refractivity contribution >= 4 is 18.3 Å². The van der Waals surface area contributed by atoms with Gasteiger partial charge in [0.15, 0.2) is 0 Å². The first-order chi connectivity index (χ1) is 9.50. The first kappa shape index (κ1) is 17.9. The summed E-state index contributed by atoms with van der Waals surface area (Å²) in [5.41, 5.74) is 2.44. The molecule has 1 aromatic rings. The van der Waals surface area contributed by atoms with Crippen LogP contribution in [0.25, 0.3) is 0 Å². The Bertz CT molecular complexity index is 495. The molecule has 0 radical (unpaired) electrons. The lowest BCUT2D eigenvalue weighted by Gasteiger charge is -2.34. The predicted octanol–water partition coefficient (Wildman–Crippen LogP) is 0.844. The molecule has 1 aromatic heterocycles. The molecule has 6 nitrogen and oxygen atoms in total. The standard InChI is InChI=1S/C14H24N4O2.ClH/c1-10-12(11(2)18(3)17-10)9-16-13(19)14(20-4)5-7-15-8-6-14;/h15H,5-9H2,1-4H3,(H,16,19);1H. The maximum absolute atomic E-state index is 12.5. The molecule has 2 rings (SSSR count). The van der Waals surface area contributed by atoms with Gasteiger partial charge in [-0.25, -0.2) is 0 Å². The smallest absolute Gasteiger partial charge is 0.252 e. The molecule has 2 heterocycles. The van der Waals surface area contributed by atoms with Gasteiger partial charge in [-0.15, -0.1) is 12.4 Å². The molecule has 0 aromatic carbocycles. The zero-order chi connectivity index (χ0) is 14.8. The van der Waals surface area contributed by atoms with Gasteiger partial charge in [-0.2, -0.15) is 5.10 Å². The molecule has 1 aliphatic heterocycles. The molecule has 120 valence electrons. The highest BCUT2D eigenvalue weighted by atomic mass is 35.5. The number of carbonyl (C=O) groups is 1. The Morgan fingerprint density at radius 1 is 1.43 bits per heavy atom. The van der Waals surface area contributed by atoms with Gasteiger partial charge < -0.3 is 15.4 Å². The lowest BCUT2D eigenvalue weighted by atomic mass is 9.91. The second kappa shape index (κ2) is 7.24. The van der Waals surface area contributed by atoms with Crippen LogP contribution in [0.15, 0.2) is 0 Å². The highest BCUT2D eigenvalue weighted by molar-refractivity contribution is 5.85. The average molecular weight is 317 g/mol. The molecule has 1 aliphatic rings. The van der Waals surface area contributed by atoms with Gasteiger partial charge in [-0.3, -0.25) is 9.48 Å². The lowest BCUT2D eigenvalue weighted by Crippen LogP contribution is -2.54. The molecule has 0 spiro atoms. The maximum atomic E-state index is 12.5. The van der Waals surface area contributed by atoms with Gasteiger partial charge >= 0.3 is 0 Å². The van der Waals surface area contributed by atoms with Crippen molar-refractivity contribution in [2.75, 3.05) is 20.2 Å². The molecule has 0 saturated carbocycles. The quantitative estimate of drug-likeness (QED) is 0.864. The van der Waals surface area contributed by atoms with E-state index in [1.807, 2.05) is 25.6 Å². The molecule has 1 saturated heterocycles. The average Bonchev–Trinajstić information content (AvgIpc) is 2.70. The van der Waals surface area contributed by atoms with Crippen LogP contribution in [0.1, 0.15) is 29.8 Å². The number of amides is 1. The summed E-state index contributed by atoms with van der Waals surface area (Å²) in [6.45, 7) is 6.10. The van der Waals surface area contributed by atoms with E-state index in [9.17, 15) is 4.79 Å². The molecule has 0 aliphatic carbocycles. The number of nitrogens with zero attached hydrogens (tertiary/aromatic N) is 2. The number of nitrogens with one attached hydrogen (secondary N) is 2. The second-order valence-corrected chi connectivity index (χ2v) is 5.40. The molecular weight excluding hydrogens is 292 g/mol. The summed E-state index contributed by atoms with van der Waals surface area (Å²) in [4.78, 5) is 12.5. The Balaban J connectivity index is 0.00000220. The van der Waals surface area contributed by atoms with Crippen LogP contribution >= 0.6 is 12.4 Å². The highest BCUT2D eigenvalue weighted by Gasteiger charge is 2.39. The molecule has 0 bridgehead atoms. The minimum absolute atomic E-state index is 0. The van der Waals surface area contributed by atoms with Crippen LogP contribution in [0.4, 0.5) is 0 Å². The number of halogens is 1. The lowest BCUT2D eigenvalue weighted by molar-refractivity contribution is -0.146. The minimum atomic E-state index is -0.685. The van der Waals surface area contributed by atoms with Crippen LogP contribution in [0.2, 0.25) is 0 Å². The number of aryl methyl sites for hydroxylation is 2. The summed E-state index contributed by atoms with van der Waals surface area (Å²) in [7, 11) is 3.53. The molecule has 2 N–H and O–H groups in total. The fraction of sp³-hybridized carbons (Fsp3) is 0.714. The normalized spacial score (nSPS) is 17.1. The van der Waals surface area contributed by atoms with Gasteiger partial charge in [0.05, 0.1) is 5.69 Å². The third-order valence-corrected chi connectivity index (χ3v) is 4.30. The van der Waals surface area contributed by atoms with Crippen molar-refractivity contribution in [1.29, 1.82) is 0 Å². The van der Waals surface area contributed by atoms with Crippen molar-refractivity contribution in [3.63, 3.8) is 0 Å². The second-order valence-electron chi connectivity index (χ2n) is 5.40. The Hall–Kier alpha value is -1.11. The number of rotatable bonds is 4. The SMILES string of the molecule is COC1(C(=O)NCc2c(C)nn(C)c2C)CCNCC1.Cl. The van der Waals surface area contributed by atoms with Gasteiger partial charge in [0.2, 0.25) is 0 Å². The van der Waals surface area contributed by atoms with E-state index >= 15 is 0 Å². The van der Waals surface area contributed by atoms with Crippen molar-refractivity contribution in [3.05, 3.63) is 17.0 Å². The van der Waals surface area contributed by atoms with Crippen molar-refractivity contribution < 1.29 is 9.53 Å². The molecule has 21 heavy (non-hydrogen) atoms. The number of hydrogen-bond acceptors (Lipinski definition) is 4. The monoisotopic (exact) mass is 316 g/mol. The van der Waals surface area contributed by atoms with Crippen molar-refractivity contribution in [1.82, 2.24) is 20.4 Å². The summed E-state index contributed by atoms with van der Waals surface area (Å²) >= 11 is 0. The van der Waals surface area contributed by atoms with E-state index in [1.165, 1.54) is 0 Å². The summed E-state index contributed by atoms with van der Waals surface area (Å²) in [6.07, 6.45) is 1.42. The van der Waals surface area contributed by atoms with Gasteiger partial charge in [-0.05, 0) is 39.8 Å². The van der Waals surface area contributed by atoms with Gasteiger partial charge in [0.1, 0.15) is 5.60 Å². The highest BCUT2D eigenvalue weighted by Crippen LogP contribution is 2.23. The van der Waals surface area contributed by atoms with E-state index in [0.717, 1.165) is 30.0 Å². The van der Waals surface area contributed by atoms with Crippen LogP contribution in [0, 0.1) is 13.8 Å². The third kappa shape index (κ3) is 3.56. The number of ether oxygens (including phenoxy) is 1. The van der Waals surface area contributed by atoms with E-state index in [-0.39, 0.29) is 18.3 Å². The zero-order valence-corrected chi connectivity index (χ0v) is 14.0. The molecule has 7 heteroatoms. The van der Waals surface area contributed by atoms with E-state index in [0.29, 0.717) is 19.4 Å². The van der Waals surface area contributed by atoms with E-state index < -0.39 is 5.60 Å². The minimum Gasteiger partial charge on any atom is -0.368 e. The molecule has 0 unspecified atom stereocenters. The first-order valence-corrected chi connectivity index (χ1v) is 7.03.